The monoisotopic (exact) mass is 1510 g/mol. The van der Waals surface area contributed by atoms with Gasteiger partial charge in [0.05, 0.1) is 35.5 Å². The van der Waals surface area contributed by atoms with E-state index in [1.807, 2.05) is 121 Å². The number of hydrogen-bond donors (Lipinski definition) is 0. The Morgan fingerprint density at radius 2 is 0.451 bits per heavy atom. The molecule has 0 bridgehead atoms. The molecule has 0 heterocycles. The smallest absolute Gasteiger partial charge is 0.872 e. The number of alkyl halides is 4. The predicted molar refractivity (Wildman–Crippen MR) is 399 cm³/mol. The summed E-state index contributed by atoms with van der Waals surface area (Å²) in [5.74, 6) is -2.35. The number of fused-ring (bicyclic) bond motifs is 4. The SMILES string of the molecule is CCCCCC.ClCCl.ClCCl.[O-]/C(=N\N=C\c1c([O-])ccc2ccccc12)c1ccccc1.[O-]/C(=N\N=C\c1c([O-])ccc2ccccc12)c1ccccc1.[O-]/C(=N\N=C\c1c([O-])ccc2ccccc12)c1ccccc1.[O-]/C(=N\N=C\c1c([O-])ccc2ccccc12)c1ccccc1.[V+4].[V+4]. The van der Waals surface area contributed by atoms with Crippen molar-refractivity contribution >= 4 is 138 Å². The molecule has 102 heavy (non-hydrogen) atoms. The molecule has 0 aliphatic heterocycles. The first-order chi connectivity index (χ1) is 48.8. The molecule has 12 aromatic carbocycles. The molecule has 0 amide bonds. The summed E-state index contributed by atoms with van der Waals surface area (Å²) >= 11 is 19.1. The van der Waals surface area contributed by atoms with E-state index < -0.39 is 23.6 Å². The number of hydrogen-bond acceptors (Lipinski definition) is 16. The van der Waals surface area contributed by atoms with Gasteiger partial charge in [-0.3, -0.25) is 0 Å². The Labute approximate surface area is 636 Å². The third-order valence-corrected chi connectivity index (χ3v) is 14.1. The Morgan fingerprint density at radius 1 is 0.275 bits per heavy atom. The third-order valence-electron chi connectivity index (χ3n) is 14.1. The molecule has 0 aliphatic rings. The van der Waals surface area contributed by atoms with Crippen LogP contribution < -0.4 is 40.9 Å². The summed E-state index contributed by atoms with van der Waals surface area (Å²) in [4.78, 5) is 0. The van der Waals surface area contributed by atoms with Crippen molar-refractivity contribution in [2.75, 3.05) is 10.7 Å². The van der Waals surface area contributed by atoms with Gasteiger partial charge in [-0.05, 0) is 87.6 Å². The topological polar surface area (TPSA) is 283 Å². The molecule has 16 nitrogen and oxygen atoms in total. The largest absolute Gasteiger partial charge is 4.00 e. The quantitative estimate of drug-likeness (QED) is 0.0312. The molecule has 22 heteroatoms. The van der Waals surface area contributed by atoms with Crippen LogP contribution in [0.4, 0.5) is 0 Å². The van der Waals surface area contributed by atoms with Crippen LogP contribution in [-0.4, -0.2) is 59.1 Å². The van der Waals surface area contributed by atoms with Crippen LogP contribution in [-0.2, 0) is 37.1 Å². The van der Waals surface area contributed by atoms with E-state index in [9.17, 15) is 40.9 Å². The van der Waals surface area contributed by atoms with Gasteiger partial charge < -0.3 is 40.9 Å². The number of unbranched alkanes of at least 4 members (excludes halogenated alkanes) is 3. The van der Waals surface area contributed by atoms with Crippen molar-refractivity contribution in [1.82, 2.24) is 0 Å². The molecule has 12 rings (SSSR count). The molecule has 0 fully saturated rings. The number of halogens is 4. The fraction of sp³-hybridized carbons (Fsp3) is 0.100. The maximum atomic E-state index is 12.0. The van der Waals surface area contributed by atoms with Crippen LogP contribution in [0.25, 0.3) is 43.1 Å². The van der Waals surface area contributed by atoms with E-state index in [0.29, 0.717) is 44.5 Å². The van der Waals surface area contributed by atoms with Gasteiger partial charge in [0, 0.05) is 23.6 Å². The zero-order chi connectivity index (χ0) is 71.7. The first-order valence-electron chi connectivity index (χ1n) is 31.1. The Morgan fingerprint density at radius 3 is 0.637 bits per heavy atom. The minimum absolute atomic E-state index is 0. The van der Waals surface area contributed by atoms with Gasteiger partial charge in [-0.15, -0.1) is 46.4 Å². The summed E-state index contributed by atoms with van der Waals surface area (Å²) in [6.45, 7) is 4.46. The Balaban J connectivity index is 0.000000271. The molecule has 0 saturated heterocycles. The summed E-state index contributed by atoms with van der Waals surface area (Å²) in [6, 6.07) is 77.7. The Kier molecular flexibility index (Phi) is 39.4. The molecule has 0 aromatic heterocycles. The van der Waals surface area contributed by atoms with Gasteiger partial charge in [-0.25, -0.2) is 0 Å². The first-order valence-corrected chi connectivity index (χ1v) is 33.2. The molecule has 0 atom stereocenters. The van der Waals surface area contributed by atoms with E-state index in [1.54, 1.807) is 121 Å². The van der Waals surface area contributed by atoms with Crippen LogP contribution in [0.2, 0.25) is 0 Å². The van der Waals surface area contributed by atoms with Gasteiger partial charge in [0.1, 0.15) is 0 Å². The van der Waals surface area contributed by atoms with Gasteiger partial charge in [0.15, 0.2) is 0 Å². The molecule has 0 N–H and O–H groups in total. The molecular weight excluding hydrogens is 1440 g/mol. The number of rotatable bonds is 15. The predicted octanol–water partition coefficient (Wildman–Crippen LogP) is 13.6. The summed E-state index contributed by atoms with van der Waals surface area (Å²) < 4.78 is 0. The normalized spacial score (nSPS) is 11.3. The molecule has 0 saturated carbocycles. The van der Waals surface area contributed by atoms with Crippen molar-refractivity contribution in [2.24, 2.45) is 40.8 Å². The maximum absolute atomic E-state index is 12.0. The van der Waals surface area contributed by atoms with E-state index in [-0.39, 0.29) is 70.8 Å². The van der Waals surface area contributed by atoms with Gasteiger partial charge in [0.2, 0.25) is 0 Å². The van der Waals surface area contributed by atoms with E-state index >= 15 is 0 Å². The summed E-state index contributed by atoms with van der Waals surface area (Å²) in [7, 11) is 0. The molecule has 512 valence electrons. The van der Waals surface area contributed by atoms with Gasteiger partial charge in [-0.2, -0.15) is 40.8 Å². The molecule has 0 spiro atoms. The fourth-order valence-electron chi connectivity index (χ4n) is 9.25. The van der Waals surface area contributed by atoms with Crippen molar-refractivity contribution in [2.45, 2.75) is 39.5 Å². The van der Waals surface area contributed by atoms with Crippen molar-refractivity contribution in [3.05, 3.63) is 311 Å². The van der Waals surface area contributed by atoms with Crippen molar-refractivity contribution in [3.8, 4) is 23.0 Å². The number of nitrogens with zero attached hydrogens (tertiary/aromatic N) is 8. The zero-order valence-electron chi connectivity index (χ0n) is 55.2. The van der Waals surface area contributed by atoms with Gasteiger partial charge in [0.25, 0.3) is 0 Å². The van der Waals surface area contributed by atoms with Crippen LogP contribution in [0.5, 0.6) is 23.0 Å². The Hall–Kier alpha value is -10.2. The van der Waals surface area contributed by atoms with E-state index in [1.165, 1.54) is 74.8 Å². The molecule has 2 radical (unpaired) electrons. The van der Waals surface area contributed by atoms with E-state index in [2.05, 4.69) is 54.7 Å². The van der Waals surface area contributed by atoms with Crippen LogP contribution in [0, 0.1) is 0 Å². The summed E-state index contributed by atoms with van der Waals surface area (Å²) in [5, 5.41) is 132. The molecular formula is C80H66Cl4N8O8V2. The average molecular weight is 1510 g/mol. The van der Waals surface area contributed by atoms with Crippen LogP contribution >= 0.6 is 46.4 Å². The molecule has 0 unspecified atom stereocenters. The standard InChI is InChI=1S/4C18H14N2O2.C6H14.2CH2Cl2.2V/c4*21-17-11-10-13-6-4-5-9-15(13)16(17)12-19-20-18(22)14-7-2-1-3-8-14;1-3-5-6-4-2;2*2-1-3;;/h4*1-12,21H,(H,20,22);3-6H2,1-2H3;2*1H2;;/q;;;;;;;2*+4/p-8/b4*19-12+;;;;;. The average Bonchev–Trinajstić information content (AvgIpc) is 0.833. The zero-order valence-corrected chi connectivity index (χ0v) is 61.0. The minimum Gasteiger partial charge on any atom is -0.872 e. The minimum atomic E-state index is -0.440. The molecule has 0 aliphatic carbocycles. The third kappa shape index (κ3) is 27.4. The summed E-state index contributed by atoms with van der Waals surface area (Å²) in [6.07, 6.45) is 10.9. The van der Waals surface area contributed by atoms with Crippen LogP contribution in [0.15, 0.2) is 308 Å². The van der Waals surface area contributed by atoms with Crippen LogP contribution in [0.3, 0.4) is 0 Å². The second-order valence-corrected chi connectivity index (χ2v) is 22.4. The van der Waals surface area contributed by atoms with Crippen LogP contribution in [0.1, 0.15) is 84.0 Å². The van der Waals surface area contributed by atoms with E-state index in [0.717, 1.165) is 43.1 Å². The number of benzene rings is 12. The van der Waals surface area contributed by atoms with Gasteiger partial charge >= 0.3 is 37.1 Å². The fourth-order valence-corrected chi connectivity index (χ4v) is 9.25. The Bertz CT molecular complexity index is 4160. The van der Waals surface area contributed by atoms with Gasteiger partial charge in [-0.1, -0.05) is 329 Å². The first kappa shape index (κ1) is 84.2. The summed E-state index contributed by atoms with van der Waals surface area (Å²) in [5.41, 5.74) is 3.57. The maximum Gasteiger partial charge on any atom is 4.00 e. The molecule has 12 aromatic rings. The van der Waals surface area contributed by atoms with E-state index in [4.69, 9.17) is 46.4 Å². The van der Waals surface area contributed by atoms with Crippen molar-refractivity contribution in [1.29, 1.82) is 0 Å². The van der Waals surface area contributed by atoms with Crippen molar-refractivity contribution in [3.63, 3.8) is 0 Å². The second-order valence-electron chi connectivity index (χ2n) is 20.8. The second kappa shape index (κ2) is 47.7. The van der Waals surface area contributed by atoms with Crippen molar-refractivity contribution < 1.29 is 78.0 Å².